The van der Waals surface area contributed by atoms with Crippen LogP contribution in [0.5, 0.6) is 0 Å². The van der Waals surface area contributed by atoms with Crippen LogP contribution in [-0.4, -0.2) is 53.7 Å². The van der Waals surface area contributed by atoms with Gasteiger partial charge in [-0.15, -0.1) is 10.2 Å². The molecule has 1 rings (SSSR count). The van der Waals surface area contributed by atoms with Crippen molar-refractivity contribution in [2.24, 2.45) is 10.8 Å². The van der Waals surface area contributed by atoms with Crippen molar-refractivity contribution in [2.75, 3.05) is 12.8 Å². The van der Waals surface area contributed by atoms with Crippen molar-refractivity contribution in [1.29, 1.82) is 0 Å². The van der Waals surface area contributed by atoms with Gasteiger partial charge < -0.3 is 5.32 Å². The Morgan fingerprint density at radius 1 is 1.11 bits per heavy atom. The summed E-state index contributed by atoms with van der Waals surface area (Å²) in [6, 6.07) is 0. The zero-order chi connectivity index (χ0) is 20.7. The predicted molar refractivity (Wildman–Crippen MR) is 99.9 cm³/mol. The molecule has 3 N–H and O–H groups in total. The van der Waals surface area contributed by atoms with Gasteiger partial charge in [0.05, 0.1) is 5.75 Å². The molecule has 0 fully saturated rings. The summed E-state index contributed by atoms with van der Waals surface area (Å²) in [5, 5.41) is 16.3. The van der Waals surface area contributed by atoms with Gasteiger partial charge in [-0.1, -0.05) is 32.9 Å². The first-order valence-corrected chi connectivity index (χ1v) is 10.5. The molecule has 11 heteroatoms. The van der Waals surface area contributed by atoms with Crippen molar-refractivity contribution in [3.63, 3.8) is 0 Å². The van der Waals surface area contributed by atoms with Gasteiger partial charge in [0.25, 0.3) is 0 Å². The molecule has 0 unspecified atom stereocenters. The van der Waals surface area contributed by atoms with Crippen molar-refractivity contribution in [2.45, 2.75) is 59.8 Å². The molecule has 10 nitrogen and oxygen atoms in total. The lowest BCUT2D eigenvalue weighted by Crippen LogP contribution is -2.37. The van der Waals surface area contributed by atoms with E-state index in [4.69, 9.17) is 0 Å². The second kappa shape index (κ2) is 9.25. The summed E-state index contributed by atoms with van der Waals surface area (Å²) in [6.45, 7) is 7.92. The van der Waals surface area contributed by atoms with E-state index in [0.717, 1.165) is 0 Å². The van der Waals surface area contributed by atoms with Gasteiger partial charge in [0, 0.05) is 26.3 Å². The highest BCUT2D eigenvalue weighted by molar-refractivity contribution is 7.90. The fourth-order valence-electron chi connectivity index (χ4n) is 3.35. The first-order valence-electron chi connectivity index (χ1n) is 8.80. The van der Waals surface area contributed by atoms with Gasteiger partial charge in [-0.3, -0.25) is 14.3 Å². The molecule has 0 atom stereocenters. The van der Waals surface area contributed by atoms with Crippen molar-refractivity contribution >= 4 is 21.8 Å². The summed E-state index contributed by atoms with van der Waals surface area (Å²) in [6.07, 6.45) is 1.58. The van der Waals surface area contributed by atoms with Gasteiger partial charge in [-0.2, -0.15) is 5.21 Å². The molecule has 0 saturated carbocycles. The summed E-state index contributed by atoms with van der Waals surface area (Å²) in [5.41, 5.74) is -0.616. The Morgan fingerprint density at radius 2 is 1.78 bits per heavy atom. The number of hydrogen-bond donors (Lipinski definition) is 3. The fourth-order valence-corrected chi connectivity index (χ4v) is 4.39. The van der Waals surface area contributed by atoms with Gasteiger partial charge in [0.2, 0.25) is 21.8 Å². The van der Waals surface area contributed by atoms with Crippen LogP contribution in [0.3, 0.4) is 0 Å². The molecular formula is C16H30N6O4S. The Morgan fingerprint density at radius 3 is 2.33 bits per heavy atom. The van der Waals surface area contributed by atoms with Gasteiger partial charge in [0.1, 0.15) is 0 Å². The van der Waals surface area contributed by atoms with Crippen LogP contribution in [0.4, 0.5) is 0 Å². The molecule has 154 valence electrons. The van der Waals surface area contributed by atoms with Crippen molar-refractivity contribution in [1.82, 2.24) is 30.7 Å². The van der Waals surface area contributed by atoms with Crippen LogP contribution in [0.1, 0.15) is 59.2 Å². The Hall–Kier alpha value is -2.04. The summed E-state index contributed by atoms with van der Waals surface area (Å²) in [4.78, 5) is 23.4. The van der Waals surface area contributed by atoms with E-state index in [1.807, 2.05) is 27.7 Å². The lowest BCUT2D eigenvalue weighted by Gasteiger charge is -2.34. The first-order chi connectivity index (χ1) is 12.3. The van der Waals surface area contributed by atoms with Crippen LogP contribution in [-0.2, 0) is 26.0 Å². The molecular weight excluding hydrogens is 372 g/mol. The van der Waals surface area contributed by atoms with Gasteiger partial charge >= 0.3 is 0 Å². The molecule has 0 saturated heterocycles. The molecule has 27 heavy (non-hydrogen) atoms. The number of hydrogen-bond acceptors (Lipinski definition) is 7. The number of amides is 2. The third kappa shape index (κ3) is 9.45. The van der Waals surface area contributed by atoms with Crippen LogP contribution in [0, 0.1) is 10.8 Å². The smallest absolute Gasteiger partial charge is 0.234 e. The maximum atomic E-state index is 12.2. The summed E-state index contributed by atoms with van der Waals surface area (Å²) in [7, 11) is -2.27. The number of sulfonamides is 1. The quantitative estimate of drug-likeness (QED) is 0.489. The minimum atomic E-state index is -3.75. The summed E-state index contributed by atoms with van der Waals surface area (Å²) >= 11 is 0. The van der Waals surface area contributed by atoms with E-state index in [-0.39, 0.29) is 36.3 Å². The molecule has 1 aromatic heterocycles. The Labute approximate surface area is 160 Å². The summed E-state index contributed by atoms with van der Waals surface area (Å²) in [5.74, 6) is -0.452. The van der Waals surface area contributed by atoms with E-state index >= 15 is 0 Å². The average molecular weight is 403 g/mol. The van der Waals surface area contributed by atoms with Crippen molar-refractivity contribution in [3.05, 3.63) is 5.82 Å². The van der Waals surface area contributed by atoms with Crippen LogP contribution in [0.15, 0.2) is 0 Å². The van der Waals surface area contributed by atoms with E-state index < -0.39 is 21.3 Å². The highest BCUT2D eigenvalue weighted by Gasteiger charge is 2.32. The molecule has 0 aliphatic rings. The van der Waals surface area contributed by atoms with E-state index in [9.17, 15) is 18.0 Å². The zero-order valence-electron chi connectivity index (χ0n) is 16.6. The predicted octanol–water partition coefficient (Wildman–Crippen LogP) is 0.547. The van der Waals surface area contributed by atoms with E-state index in [1.165, 1.54) is 7.05 Å². The van der Waals surface area contributed by atoms with E-state index in [2.05, 4.69) is 30.7 Å². The topological polar surface area (TPSA) is 147 Å². The number of nitrogens with one attached hydrogen (secondary N) is 3. The number of carbonyl (C=O) groups is 2. The molecule has 0 aliphatic carbocycles. The van der Waals surface area contributed by atoms with E-state index in [1.54, 1.807) is 0 Å². The second-order valence-corrected chi connectivity index (χ2v) is 10.1. The number of tetrazole rings is 1. The number of aromatic nitrogens is 4. The second-order valence-electron chi connectivity index (χ2n) is 8.31. The fraction of sp³-hybridized carbons (Fsp3) is 0.812. The highest BCUT2D eigenvalue weighted by atomic mass is 32.2. The normalized spacial score (nSPS) is 12.6. The van der Waals surface area contributed by atoms with Crippen LogP contribution < -0.4 is 10.0 Å². The first kappa shape index (κ1) is 23.0. The maximum Gasteiger partial charge on any atom is 0.234 e. The Kier molecular flexibility index (Phi) is 7.88. The Balaban J connectivity index is 2.54. The van der Waals surface area contributed by atoms with Gasteiger partial charge in [-0.05, 0) is 23.7 Å². The molecule has 0 aromatic carbocycles. The van der Waals surface area contributed by atoms with Crippen molar-refractivity contribution in [3.8, 4) is 0 Å². The molecule has 2 amide bonds. The van der Waals surface area contributed by atoms with Gasteiger partial charge in [0.15, 0.2) is 5.82 Å². The number of aromatic amines is 1. The third-order valence-electron chi connectivity index (χ3n) is 3.99. The molecule has 1 aromatic rings. The minimum absolute atomic E-state index is 0.0668. The van der Waals surface area contributed by atoms with Crippen molar-refractivity contribution < 1.29 is 18.0 Å². The highest BCUT2D eigenvalue weighted by Crippen LogP contribution is 2.37. The van der Waals surface area contributed by atoms with Crippen LogP contribution in [0.25, 0.3) is 0 Å². The average Bonchev–Trinajstić information content (AvgIpc) is 2.95. The Bertz CT molecular complexity index is 728. The van der Waals surface area contributed by atoms with Crippen LogP contribution >= 0.6 is 0 Å². The number of H-pyrrole nitrogens is 1. The van der Waals surface area contributed by atoms with Crippen LogP contribution in [0.2, 0.25) is 0 Å². The van der Waals surface area contributed by atoms with E-state index in [0.29, 0.717) is 18.7 Å². The molecule has 0 bridgehead atoms. The lowest BCUT2D eigenvalue weighted by atomic mass is 9.71. The number of carbonyl (C=O) groups excluding carboxylic acids is 2. The SMILES string of the molecule is CNC(=O)CCCS(=O)(=O)NC(=O)CC(C)(C)CC(C)(C)Cc1nn[nH]n1. The van der Waals surface area contributed by atoms with Gasteiger partial charge in [-0.25, -0.2) is 8.42 Å². The zero-order valence-corrected chi connectivity index (χ0v) is 17.4. The molecule has 0 radical (unpaired) electrons. The monoisotopic (exact) mass is 402 g/mol. The number of nitrogens with zero attached hydrogens (tertiary/aromatic N) is 3. The minimum Gasteiger partial charge on any atom is -0.359 e. The number of rotatable bonds is 11. The maximum absolute atomic E-state index is 12.2. The molecule has 0 aliphatic heterocycles. The largest absolute Gasteiger partial charge is 0.359 e. The third-order valence-corrected chi connectivity index (χ3v) is 5.35. The standard InChI is InChI=1S/C16H30N6O4S/c1-15(2,9-12-18-21-22-19-12)11-16(3,4)10-14(24)20-27(25,26)8-6-7-13(23)17-5/h6-11H2,1-5H3,(H,17,23)(H,20,24)(H,18,19,21,22). The lowest BCUT2D eigenvalue weighted by molar-refractivity contribution is -0.122. The molecule has 1 heterocycles. The molecule has 0 spiro atoms. The summed E-state index contributed by atoms with van der Waals surface area (Å²) < 4.78 is 26.1.